The second kappa shape index (κ2) is 4.71. The quantitative estimate of drug-likeness (QED) is 0.487. The average Bonchev–Trinajstić information content (AvgIpc) is 2.85. The SMILES string of the molecule is CCCC#CC1=C[C@H]1C(=O)OCC. The van der Waals surface area contributed by atoms with Crippen molar-refractivity contribution in [2.24, 2.45) is 5.92 Å². The van der Waals surface area contributed by atoms with Crippen LogP contribution in [0.3, 0.4) is 0 Å². The fraction of sp³-hybridized carbons (Fsp3) is 0.545. The van der Waals surface area contributed by atoms with E-state index in [9.17, 15) is 4.79 Å². The van der Waals surface area contributed by atoms with Crippen LogP contribution in [0.15, 0.2) is 11.6 Å². The normalized spacial score (nSPS) is 18.3. The van der Waals surface area contributed by atoms with Crippen molar-refractivity contribution in [1.29, 1.82) is 0 Å². The van der Waals surface area contributed by atoms with Gasteiger partial charge in [-0.3, -0.25) is 4.79 Å². The third-order valence-electron chi connectivity index (χ3n) is 1.72. The van der Waals surface area contributed by atoms with E-state index < -0.39 is 0 Å². The molecule has 1 atom stereocenters. The zero-order chi connectivity index (χ0) is 9.68. The number of carbonyl (C=O) groups is 1. The van der Waals surface area contributed by atoms with E-state index in [-0.39, 0.29) is 11.9 Å². The van der Waals surface area contributed by atoms with E-state index in [0.29, 0.717) is 6.61 Å². The van der Waals surface area contributed by atoms with E-state index in [2.05, 4.69) is 18.8 Å². The van der Waals surface area contributed by atoms with Crippen LogP contribution in [0.5, 0.6) is 0 Å². The number of rotatable bonds is 3. The van der Waals surface area contributed by atoms with Crippen LogP contribution in [-0.2, 0) is 9.53 Å². The molecule has 0 spiro atoms. The molecule has 0 aromatic rings. The van der Waals surface area contributed by atoms with Crippen molar-refractivity contribution < 1.29 is 9.53 Å². The molecule has 0 amide bonds. The van der Waals surface area contributed by atoms with Gasteiger partial charge in [0.25, 0.3) is 0 Å². The maximum absolute atomic E-state index is 11.1. The first kappa shape index (κ1) is 9.85. The number of carbonyl (C=O) groups excluding carboxylic acids is 1. The molecule has 0 N–H and O–H groups in total. The van der Waals surface area contributed by atoms with Gasteiger partial charge in [0.2, 0.25) is 0 Å². The predicted molar refractivity (Wildman–Crippen MR) is 50.9 cm³/mol. The molecule has 2 heteroatoms. The average molecular weight is 178 g/mol. The molecule has 0 aliphatic heterocycles. The maximum Gasteiger partial charge on any atom is 0.317 e. The molecule has 0 saturated carbocycles. The number of unbranched alkanes of at least 4 members (excludes halogenated alkanes) is 1. The predicted octanol–water partition coefficient (Wildman–Crippen LogP) is 1.91. The Morgan fingerprint density at radius 1 is 1.62 bits per heavy atom. The second-order valence-corrected chi connectivity index (χ2v) is 2.90. The molecule has 0 saturated heterocycles. The van der Waals surface area contributed by atoms with Gasteiger partial charge in [-0.15, -0.1) is 0 Å². The Bertz CT molecular complexity index is 278. The van der Waals surface area contributed by atoms with Crippen LogP contribution in [0.4, 0.5) is 0 Å². The van der Waals surface area contributed by atoms with Crippen molar-refractivity contribution in [2.45, 2.75) is 26.7 Å². The minimum absolute atomic E-state index is 0.135. The first-order valence-corrected chi connectivity index (χ1v) is 4.66. The van der Waals surface area contributed by atoms with Crippen molar-refractivity contribution in [2.75, 3.05) is 6.61 Å². The molecule has 2 nitrogen and oxygen atoms in total. The van der Waals surface area contributed by atoms with Crippen LogP contribution in [0.2, 0.25) is 0 Å². The van der Waals surface area contributed by atoms with Crippen LogP contribution >= 0.6 is 0 Å². The molecule has 0 heterocycles. The maximum atomic E-state index is 11.1. The standard InChI is InChI=1S/C11H14O2/c1-3-5-6-7-9-8-10(9)11(12)13-4-2/h8,10H,3-5H2,1-2H3/t10-/m1/s1. The summed E-state index contributed by atoms with van der Waals surface area (Å²) in [7, 11) is 0. The summed E-state index contributed by atoms with van der Waals surface area (Å²) in [6.07, 6.45) is 3.80. The Kier molecular flexibility index (Phi) is 3.57. The van der Waals surface area contributed by atoms with Gasteiger partial charge < -0.3 is 4.74 Å². The topological polar surface area (TPSA) is 26.3 Å². The molecule has 0 unspecified atom stereocenters. The first-order valence-electron chi connectivity index (χ1n) is 4.66. The number of hydrogen-bond donors (Lipinski definition) is 0. The first-order chi connectivity index (χ1) is 6.29. The van der Waals surface area contributed by atoms with Crippen LogP contribution in [-0.4, -0.2) is 12.6 Å². The summed E-state index contributed by atoms with van der Waals surface area (Å²) in [4.78, 5) is 11.1. The molecule has 13 heavy (non-hydrogen) atoms. The lowest BCUT2D eigenvalue weighted by atomic mass is 10.2. The lowest BCUT2D eigenvalue weighted by molar-refractivity contribution is -0.143. The van der Waals surface area contributed by atoms with Crippen molar-refractivity contribution in [3.63, 3.8) is 0 Å². The van der Waals surface area contributed by atoms with E-state index in [1.54, 1.807) is 0 Å². The Labute approximate surface area is 79.0 Å². The van der Waals surface area contributed by atoms with Gasteiger partial charge in [0.15, 0.2) is 0 Å². The molecular weight excluding hydrogens is 164 g/mol. The number of esters is 1. The third-order valence-corrected chi connectivity index (χ3v) is 1.72. The van der Waals surface area contributed by atoms with E-state index in [0.717, 1.165) is 18.4 Å². The Morgan fingerprint density at radius 3 is 3.00 bits per heavy atom. The summed E-state index contributed by atoms with van der Waals surface area (Å²) in [5, 5.41) is 0. The van der Waals surface area contributed by atoms with Gasteiger partial charge in [-0.2, -0.15) is 0 Å². The summed E-state index contributed by atoms with van der Waals surface area (Å²) < 4.78 is 4.84. The van der Waals surface area contributed by atoms with Crippen LogP contribution in [0, 0.1) is 17.8 Å². The van der Waals surface area contributed by atoms with E-state index in [1.165, 1.54) is 0 Å². The Balaban J connectivity index is 2.26. The fourth-order valence-electron chi connectivity index (χ4n) is 0.967. The van der Waals surface area contributed by atoms with Gasteiger partial charge in [0, 0.05) is 12.0 Å². The highest BCUT2D eigenvalue weighted by Crippen LogP contribution is 2.29. The molecular formula is C11H14O2. The van der Waals surface area contributed by atoms with Gasteiger partial charge in [-0.1, -0.05) is 24.8 Å². The van der Waals surface area contributed by atoms with E-state index in [1.807, 2.05) is 13.0 Å². The van der Waals surface area contributed by atoms with Gasteiger partial charge in [-0.05, 0) is 13.3 Å². The summed E-state index contributed by atoms with van der Waals surface area (Å²) >= 11 is 0. The zero-order valence-corrected chi connectivity index (χ0v) is 8.09. The van der Waals surface area contributed by atoms with Gasteiger partial charge >= 0.3 is 5.97 Å². The summed E-state index contributed by atoms with van der Waals surface area (Å²) in [6.45, 7) is 4.33. The highest BCUT2D eigenvalue weighted by Gasteiger charge is 2.31. The molecule has 0 aromatic heterocycles. The summed E-state index contributed by atoms with van der Waals surface area (Å²) in [5.41, 5.74) is 0.923. The Morgan fingerprint density at radius 2 is 2.38 bits per heavy atom. The van der Waals surface area contributed by atoms with Gasteiger partial charge in [0.1, 0.15) is 5.92 Å². The molecule has 0 fully saturated rings. The third kappa shape index (κ3) is 2.95. The number of ether oxygens (including phenoxy) is 1. The van der Waals surface area contributed by atoms with E-state index >= 15 is 0 Å². The molecule has 70 valence electrons. The fourth-order valence-corrected chi connectivity index (χ4v) is 0.967. The Hall–Kier alpha value is -1.23. The van der Waals surface area contributed by atoms with Crippen LogP contribution in [0.1, 0.15) is 26.7 Å². The summed E-state index contributed by atoms with van der Waals surface area (Å²) in [6, 6.07) is 0. The minimum Gasteiger partial charge on any atom is -0.465 e. The number of hydrogen-bond acceptors (Lipinski definition) is 2. The van der Waals surface area contributed by atoms with Crippen molar-refractivity contribution >= 4 is 5.97 Å². The molecule has 1 aliphatic rings. The second-order valence-electron chi connectivity index (χ2n) is 2.90. The van der Waals surface area contributed by atoms with Crippen molar-refractivity contribution in [3.8, 4) is 11.8 Å². The van der Waals surface area contributed by atoms with Gasteiger partial charge in [-0.25, -0.2) is 0 Å². The van der Waals surface area contributed by atoms with Gasteiger partial charge in [0.05, 0.1) is 6.61 Å². The van der Waals surface area contributed by atoms with E-state index in [4.69, 9.17) is 4.74 Å². The zero-order valence-electron chi connectivity index (χ0n) is 8.09. The molecule has 1 rings (SSSR count). The highest BCUT2D eigenvalue weighted by atomic mass is 16.5. The molecule has 0 aromatic carbocycles. The lowest BCUT2D eigenvalue weighted by Gasteiger charge is -1.97. The van der Waals surface area contributed by atoms with Crippen LogP contribution < -0.4 is 0 Å². The monoisotopic (exact) mass is 178 g/mol. The smallest absolute Gasteiger partial charge is 0.317 e. The largest absolute Gasteiger partial charge is 0.465 e. The minimum atomic E-state index is -0.164. The summed E-state index contributed by atoms with van der Waals surface area (Å²) in [5.74, 6) is 5.66. The van der Waals surface area contributed by atoms with Crippen LogP contribution in [0.25, 0.3) is 0 Å². The van der Waals surface area contributed by atoms with Crippen molar-refractivity contribution in [1.82, 2.24) is 0 Å². The molecule has 0 radical (unpaired) electrons. The lowest BCUT2D eigenvalue weighted by Crippen LogP contribution is -2.07. The highest BCUT2D eigenvalue weighted by molar-refractivity contribution is 5.85. The molecule has 0 bridgehead atoms. The molecule has 1 aliphatic carbocycles. The van der Waals surface area contributed by atoms with Crippen molar-refractivity contribution in [3.05, 3.63) is 11.6 Å².